The van der Waals surface area contributed by atoms with Gasteiger partial charge in [-0.1, -0.05) is 6.07 Å². The highest BCUT2D eigenvalue weighted by Crippen LogP contribution is 2.32. The molecule has 0 spiro atoms. The molecule has 5 nitrogen and oxygen atoms in total. The lowest BCUT2D eigenvalue weighted by atomic mass is 10.2. The van der Waals surface area contributed by atoms with Crippen LogP contribution in [0.1, 0.15) is 18.4 Å². The minimum atomic E-state index is -0.357. The topological polar surface area (TPSA) is 50.8 Å². The second-order valence-corrected chi connectivity index (χ2v) is 6.33. The highest BCUT2D eigenvalue weighted by Gasteiger charge is 2.15. The van der Waals surface area contributed by atoms with Gasteiger partial charge >= 0.3 is 0 Å². The Morgan fingerprint density at radius 3 is 2.73 bits per heavy atom. The van der Waals surface area contributed by atoms with Gasteiger partial charge in [0.1, 0.15) is 5.82 Å². The highest BCUT2D eigenvalue weighted by molar-refractivity contribution is 6.02. The largest absolute Gasteiger partial charge is 0.454 e. The second kappa shape index (κ2) is 7.07. The molecule has 6 heteroatoms. The van der Waals surface area contributed by atoms with Crippen molar-refractivity contribution in [2.75, 3.05) is 30.1 Å². The smallest absolute Gasteiger partial charge is 0.248 e. The molecule has 1 saturated heterocycles. The predicted molar refractivity (Wildman–Crippen MR) is 98.1 cm³/mol. The Labute approximate surface area is 151 Å². The van der Waals surface area contributed by atoms with Crippen LogP contribution in [0.5, 0.6) is 11.5 Å². The van der Waals surface area contributed by atoms with Crippen LogP contribution in [0.4, 0.5) is 15.8 Å². The average Bonchev–Trinajstić information content (AvgIpc) is 3.30. The van der Waals surface area contributed by atoms with E-state index < -0.39 is 0 Å². The summed E-state index contributed by atoms with van der Waals surface area (Å²) in [6.45, 7) is 2.05. The molecular formula is C20H19FN2O3. The lowest BCUT2D eigenvalue weighted by Crippen LogP contribution is -2.18. The molecule has 2 heterocycles. The van der Waals surface area contributed by atoms with Crippen molar-refractivity contribution in [3.8, 4) is 11.5 Å². The highest BCUT2D eigenvalue weighted by atomic mass is 19.1. The number of nitrogens with one attached hydrogen (secondary N) is 1. The Balaban J connectivity index is 1.44. The van der Waals surface area contributed by atoms with Crippen molar-refractivity contribution >= 4 is 23.4 Å². The van der Waals surface area contributed by atoms with Crippen molar-refractivity contribution in [2.45, 2.75) is 12.8 Å². The van der Waals surface area contributed by atoms with Crippen molar-refractivity contribution in [3.05, 3.63) is 53.9 Å². The molecule has 0 atom stereocenters. The van der Waals surface area contributed by atoms with E-state index in [2.05, 4.69) is 10.2 Å². The van der Waals surface area contributed by atoms with Crippen LogP contribution in [0.2, 0.25) is 0 Å². The zero-order valence-electron chi connectivity index (χ0n) is 14.2. The van der Waals surface area contributed by atoms with Crippen molar-refractivity contribution < 1.29 is 18.7 Å². The van der Waals surface area contributed by atoms with E-state index in [1.807, 2.05) is 6.07 Å². The SMILES string of the molecule is O=C(C=Cc1ccc2c(c1)OCO2)Nc1cc(F)cc(N2CCCC2)c1. The first-order chi connectivity index (χ1) is 12.7. The summed E-state index contributed by atoms with van der Waals surface area (Å²) in [5.41, 5.74) is 2.08. The first-order valence-corrected chi connectivity index (χ1v) is 8.62. The number of rotatable bonds is 4. The van der Waals surface area contributed by atoms with Crippen LogP contribution < -0.4 is 19.7 Å². The predicted octanol–water partition coefficient (Wildman–Crippen LogP) is 3.81. The molecule has 26 heavy (non-hydrogen) atoms. The van der Waals surface area contributed by atoms with Gasteiger partial charge in [-0.3, -0.25) is 4.79 Å². The molecule has 1 amide bonds. The number of ether oxygens (including phenoxy) is 2. The van der Waals surface area contributed by atoms with Gasteiger partial charge in [0.25, 0.3) is 0 Å². The summed E-state index contributed by atoms with van der Waals surface area (Å²) in [6.07, 6.45) is 5.31. The molecule has 1 N–H and O–H groups in total. The van der Waals surface area contributed by atoms with Crippen LogP contribution in [0.15, 0.2) is 42.5 Å². The second-order valence-electron chi connectivity index (χ2n) is 6.33. The quantitative estimate of drug-likeness (QED) is 0.849. The fourth-order valence-electron chi connectivity index (χ4n) is 3.18. The zero-order valence-corrected chi connectivity index (χ0v) is 14.2. The molecule has 2 aromatic rings. The van der Waals surface area contributed by atoms with Crippen molar-refractivity contribution in [1.29, 1.82) is 0 Å². The van der Waals surface area contributed by atoms with Gasteiger partial charge in [0, 0.05) is 30.5 Å². The molecule has 4 rings (SSSR count). The van der Waals surface area contributed by atoms with Gasteiger partial charge in [0.05, 0.1) is 0 Å². The summed E-state index contributed by atoms with van der Waals surface area (Å²) in [7, 11) is 0. The number of fused-ring (bicyclic) bond motifs is 1. The van der Waals surface area contributed by atoms with E-state index in [1.54, 1.807) is 24.3 Å². The van der Waals surface area contributed by atoms with E-state index in [-0.39, 0.29) is 18.5 Å². The van der Waals surface area contributed by atoms with E-state index in [1.165, 1.54) is 18.2 Å². The van der Waals surface area contributed by atoms with Crippen LogP contribution in [0, 0.1) is 5.82 Å². The molecule has 0 aliphatic carbocycles. The summed E-state index contributed by atoms with van der Waals surface area (Å²) < 4.78 is 24.5. The third kappa shape index (κ3) is 3.64. The summed E-state index contributed by atoms with van der Waals surface area (Å²) in [5.74, 6) is 0.679. The van der Waals surface area contributed by atoms with Gasteiger partial charge in [-0.2, -0.15) is 0 Å². The van der Waals surface area contributed by atoms with Crippen LogP contribution in [-0.4, -0.2) is 25.8 Å². The number of amides is 1. The normalized spacial score (nSPS) is 15.7. The van der Waals surface area contributed by atoms with Gasteiger partial charge in [0.15, 0.2) is 11.5 Å². The molecular weight excluding hydrogens is 335 g/mol. The molecule has 2 aliphatic heterocycles. The van der Waals surface area contributed by atoms with Crippen LogP contribution in [0.25, 0.3) is 6.08 Å². The Bertz CT molecular complexity index is 860. The van der Waals surface area contributed by atoms with E-state index in [0.29, 0.717) is 17.2 Å². The van der Waals surface area contributed by atoms with Gasteiger partial charge in [0.2, 0.25) is 12.7 Å². The molecule has 2 aliphatic rings. The molecule has 0 unspecified atom stereocenters. The van der Waals surface area contributed by atoms with Crippen molar-refractivity contribution in [1.82, 2.24) is 0 Å². The van der Waals surface area contributed by atoms with E-state index in [9.17, 15) is 9.18 Å². The minimum Gasteiger partial charge on any atom is -0.454 e. The molecule has 134 valence electrons. The summed E-state index contributed by atoms with van der Waals surface area (Å²) in [6, 6.07) is 10.1. The molecule has 2 aromatic carbocycles. The fraction of sp³-hybridized carbons (Fsp3) is 0.250. The Morgan fingerprint density at radius 1 is 1.08 bits per heavy atom. The Kier molecular flexibility index (Phi) is 4.48. The first-order valence-electron chi connectivity index (χ1n) is 8.62. The zero-order chi connectivity index (χ0) is 17.9. The number of benzene rings is 2. The first kappa shape index (κ1) is 16.4. The van der Waals surface area contributed by atoms with E-state index in [4.69, 9.17) is 9.47 Å². The molecule has 0 saturated carbocycles. The fourth-order valence-corrected chi connectivity index (χ4v) is 3.18. The Hall–Kier alpha value is -3.02. The molecule has 0 radical (unpaired) electrons. The van der Waals surface area contributed by atoms with Crippen molar-refractivity contribution in [3.63, 3.8) is 0 Å². The third-order valence-corrected chi connectivity index (χ3v) is 4.45. The standard InChI is InChI=1S/C20H19FN2O3/c21-15-10-16(12-17(11-15)23-7-1-2-8-23)22-20(24)6-4-14-3-5-18-19(9-14)26-13-25-18/h3-6,9-12H,1-2,7-8,13H2,(H,22,24). The number of anilines is 2. The van der Waals surface area contributed by atoms with Gasteiger partial charge in [-0.25, -0.2) is 4.39 Å². The molecule has 0 bridgehead atoms. The maximum atomic E-state index is 13.9. The molecule has 1 fully saturated rings. The Morgan fingerprint density at radius 2 is 1.88 bits per heavy atom. The molecule has 0 aromatic heterocycles. The monoisotopic (exact) mass is 354 g/mol. The van der Waals surface area contributed by atoms with Gasteiger partial charge < -0.3 is 19.7 Å². The lowest BCUT2D eigenvalue weighted by molar-refractivity contribution is -0.111. The van der Waals surface area contributed by atoms with E-state index in [0.717, 1.165) is 37.2 Å². The number of carbonyl (C=O) groups excluding carboxylic acids is 1. The lowest BCUT2D eigenvalue weighted by Gasteiger charge is -2.18. The van der Waals surface area contributed by atoms with Crippen LogP contribution in [0.3, 0.4) is 0 Å². The average molecular weight is 354 g/mol. The maximum Gasteiger partial charge on any atom is 0.248 e. The third-order valence-electron chi connectivity index (χ3n) is 4.45. The van der Waals surface area contributed by atoms with Crippen LogP contribution in [-0.2, 0) is 4.79 Å². The minimum absolute atomic E-state index is 0.210. The number of carbonyl (C=O) groups is 1. The maximum absolute atomic E-state index is 13.9. The van der Waals surface area contributed by atoms with Crippen molar-refractivity contribution in [2.24, 2.45) is 0 Å². The number of hydrogen-bond acceptors (Lipinski definition) is 4. The number of nitrogens with zero attached hydrogens (tertiary/aromatic N) is 1. The summed E-state index contributed by atoms with van der Waals surface area (Å²) in [5, 5.41) is 2.72. The number of hydrogen-bond donors (Lipinski definition) is 1. The van der Waals surface area contributed by atoms with E-state index >= 15 is 0 Å². The van der Waals surface area contributed by atoms with Gasteiger partial charge in [-0.15, -0.1) is 0 Å². The number of halogens is 1. The van der Waals surface area contributed by atoms with Gasteiger partial charge in [-0.05, 0) is 54.8 Å². The summed E-state index contributed by atoms with van der Waals surface area (Å²) in [4.78, 5) is 14.3. The summed E-state index contributed by atoms with van der Waals surface area (Å²) >= 11 is 0. The van der Waals surface area contributed by atoms with Crippen LogP contribution >= 0.6 is 0 Å².